The van der Waals surface area contributed by atoms with Gasteiger partial charge in [-0.2, -0.15) is 0 Å². The molecule has 0 spiro atoms. The van der Waals surface area contributed by atoms with Crippen LogP contribution in [0.2, 0.25) is 0 Å². The number of amides is 2. The predicted molar refractivity (Wildman–Crippen MR) is 118 cm³/mol. The first kappa shape index (κ1) is 20.0. The Morgan fingerprint density at radius 1 is 0.971 bits per heavy atom. The van der Waals surface area contributed by atoms with Gasteiger partial charge in [-0.3, -0.25) is 14.4 Å². The smallest absolute Gasteiger partial charge is 0.335 e. The van der Waals surface area contributed by atoms with Gasteiger partial charge < -0.3 is 20.5 Å². The summed E-state index contributed by atoms with van der Waals surface area (Å²) >= 11 is 0. The molecule has 2 amide bonds. The van der Waals surface area contributed by atoms with Crippen molar-refractivity contribution in [1.29, 1.82) is 0 Å². The molecule has 0 bridgehead atoms. The number of carbonyl (C=O) groups excluding carboxylic acids is 3. The van der Waals surface area contributed by atoms with Crippen molar-refractivity contribution in [1.82, 2.24) is 20.6 Å². The van der Waals surface area contributed by atoms with Crippen LogP contribution in [0.5, 0.6) is 5.75 Å². The van der Waals surface area contributed by atoms with E-state index in [2.05, 4.69) is 20.6 Å². The molecule has 0 radical (unpaired) electrons. The van der Waals surface area contributed by atoms with E-state index >= 15 is 0 Å². The lowest BCUT2D eigenvalue weighted by molar-refractivity contribution is -0.121. The molecule has 0 atom stereocenters. The molecule has 1 aliphatic rings. The average molecular weight is 462 g/mol. The van der Waals surface area contributed by atoms with Crippen molar-refractivity contribution in [2.45, 2.75) is 19.5 Å². The number of rotatable bonds is 7. The van der Waals surface area contributed by atoms with Crippen LogP contribution in [0, 0.1) is 0 Å². The molecule has 0 aliphatic carbocycles. The predicted octanol–water partition coefficient (Wildman–Crippen LogP) is 1.54. The van der Waals surface area contributed by atoms with Gasteiger partial charge in [-0.25, -0.2) is 14.8 Å². The Morgan fingerprint density at radius 2 is 1.65 bits per heavy atom. The number of Topliss-reactive ketones (excluding diaryl/α,β-unsaturated/α-hetero) is 1. The van der Waals surface area contributed by atoms with Gasteiger partial charge in [-0.05, 0) is 35.4 Å². The normalized spacial score (nSPS) is 13.6. The maximum atomic E-state index is 12.6. The molecule has 10 heteroatoms. The Bertz CT molecular complexity index is 1360. The molecule has 2 heterocycles. The Morgan fingerprint density at radius 3 is 2.35 bits per heavy atom. The van der Waals surface area contributed by atoms with E-state index in [0.717, 1.165) is 23.5 Å². The largest absolute Gasteiger partial charge is 0.486 e. The van der Waals surface area contributed by atoms with Crippen molar-refractivity contribution in [3.63, 3.8) is 0 Å². The van der Waals surface area contributed by atoms with Crippen molar-refractivity contribution in [3.8, 4) is 5.75 Å². The third kappa shape index (κ3) is 5.41. The lowest BCUT2D eigenvalue weighted by atomic mass is 10.0. The summed E-state index contributed by atoms with van der Waals surface area (Å²) in [5.41, 5.74) is 1.17. The van der Waals surface area contributed by atoms with Gasteiger partial charge in [0.2, 0.25) is 0 Å². The van der Waals surface area contributed by atoms with Gasteiger partial charge in [0.15, 0.2) is 5.78 Å². The molecule has 3 aromatic rings. The molecule has 10 nitrogen and oxygen atoms in total. The summed E-state index contributed by atoms with van der Waals surface area (Å²) in [4.78, 5) is 55.5. The fourth-order valence-corrected chi connectivity index (χ4v) is 3.21. The summed E-state index contributed by atoms with van der Waals surface area (Å²) in [6, 6.07) is 11.4. The van der Waals surface area contributed by atoms with Crippen LogP contribution in [0.1, 0.15) is 50.8 Å². The zero-order valence-electron chi connectivity index (χ0n) is 19.7. The van der Waals surface area contributed by atoms with Crippen LogP contribution in [0.3, 0.4) is 0 Å². The SMILES string of the molecule is [2H]C([2H])(NC(=O)c1cc(C(=O)NCc2ccc3c(c2)CC(=O)CO3)ncn1)c1ccc(C(=O)O)cc1. The zero-order chi connectivity index (χ0) is 25.9. The van der Waals surface area contributed by atoms with Gasteiger partial charge in [-0.15, -0.1) is 0 Å². The van der Waals surface area contributed by atoms with Crippen molar-refractivity contribution in [2.75, 3.05) is 6.61 Å². The van der Waals surface area contributed by atoms with Gasteiger partial charge in [0.25, 0.3) is 11.8 Å². The summed E-state index contributed by atoms with van der Waals surface area (Å²) in [6.45, 7) is -2.15. The highest BCUT2D eigenvalue weighted by atomic mass is 16.5. The lowest BCUT2D eigenvalue weighted by Gasteiger charge is -2.17. The van der Waals surface area contributed by atoms with Crippen molar-refractivity contribution in [3.05, 3.63) is 88.5 Å². The summed E-state index contributed by atoms with van der Waals surface area (Å²) in [5, 5.41) is 13.8. The number of ether oxygens (including phenoxy) is 1. The fraction of sp³-hybridized carbons (Fsp3) is 0.167. The van der Waals surface area contributed by atoms with E-state index in [-0.39, 0.29) is 47.9 Å². The second kappa shape index (κ2) is 9.90. The highest BCUT2D eigenvalue weighted by Crippen LogP contribution is 2.24. The fourth-order valence-electron chi connectivity index (χ4n) is 3.21. The topological polar surface area (TPSA) is 148 Å². The number of carboxylic acid groups (broad SMARTS) is 1. The molecule has 34 heavy (non-hydrogen) atoms. The van der Waals surface area contributed by atoms with Gasteiger partial charge in [0, 0.05) is 31.1 Å². The first-order valence-electron chi connectivity index (χ1n) is 11.2. The maximum absolute atomic E-state index is 12.6. The van der Waals surface area contributed by atoms with E-state index in [1.807, 2.05) is 0 Å². The molecule has 2 aromatic carbocycles. The second-order valence-corrected chi connectivity index (χ2v) is 7.38. The van der Waals surface area contributed by atoms with Crippen molar-refractivity contribution in [2.24, 2.45) is 0 Å². The van der Waals surface area contributed by atoms with Gasteiger partial charge in [0.05, 0.1) is 8.30 Å². The van der Waals surface area contributed by atoms with Crippen LogP contribution < -0.4 is 15.4 Å². The number of benzene rings is 2. The van der Waals surface area contributed by atoms with Crippen molar-refractivity contribution < 1.29 is 31.8 Å². The molecule has 0 fully saturated rings. The highest BCUT2D eigenvalue weighted by molar-refractivity contribution is 5.97. The highest BCUT2D eigenvalue weighted by Gasteiger charge is 2.18. The number of nitrogens with one attached hydrogen (secondary N) is 2. The van der Waals surface area contributed by atoms with E-state index in [1.165, 1.54) is 24.3 Å². The number of ketones is 1. The molecule has 1 aliphatic heterocycles. The second-order valence-electron chi connectivity index (χ2n) is 7.38. The lowest BCUT2D eigenvalue weighted by Crippen LogP contribution is -2.27. The molecular formula is C24H20N4O6. The first-order valence-corrected chi connectivity index (χ1v) is 10.2. The molecule has 3 N–H and O–H groups in total. The number of aromatic nitrogens is 2. The van der Waals surface area contributed by atoms with E-state index in [9.17, 15) is 19.2 Å². The Labute approximate surface area is 196 Å². The van der Waals surface area contributed by atoms with Crippen LogP contribution in [0.4, 0.5) is 0 Å². The third-order valence-corrected chi connectivity index (χ3v) is 4.94. The van der Waals surface area contributed by atoms with Crippen LogP contribution >= 0.6 is 0 Å². The Kier molecular flexibility index (Phi) is 5.84. The third-order valence-electron chi connectivity index (χ3n) is 4.94. The van der Waals surface area contributed by atoms with E-state index in [0.29, 0.717) is 5.75 Å². The molecule has 0 unspecified atom stereocenters. The number of nitrogens with zero attached hydrogens (tertiary/aromatic N) is 2. The molecule has 172 valence electrons. The Balaban J connectivity index is 1.41. The summed E-state index contributed by atoms with van der Waals surface area (Å²) in [7, 11) is 0. The van der Waals surface area contributed by atoms with Gasteiger partial charge in [0.1, 0.15) is 30.1 Å². The molecular weight excluding hydrogens is 440 g/mol. The monoisotopic (exact) mass is 462 g/mol. The van der Waals surface area contributed by atoms with E-state index in [4.69, 9.17) is 12.6 Å². The average Bonchev–Trinajstić information content (AvgIpc) is 2.86. The maximum Gasteiger partial charge on any atom is 0.335 e. The van der Waals surface area contributed by atoms with Crippen LogP contribution in [0.15, 0.2) is 54.9 Å². The van der Waals surface area contributed by atoms with Gasteiger partial charge in [-0.1, -0.05) is 18.2 Å². The van der Waals surface area contributed by atoms with Crippen LogP contribution in [-0.4, -0.2) is 45.2 Å². The number of hydrogen-bond acceptors (Lipinski definition) is 7. The van der Waals surface area contributed by atoms with Crippen molar-refractivity contribution >= 4 is 23.6 Å². The van der Waals surface area contributed by atoms with Crippen LogP contribution in [-0.2, 0) is 24.3 Å². The number of fused-ring (bicyclic) bond motifs is 1. The number of carbonyl (C=O) groups is 4. The van der Waals surface area contributed by atoms with Crippen LogP contribution in [0.25, 0.3) is 0 Å². The van der Waals surface area contributed by atoms with E-state index in [1.54, 1.807) is 18.2 Å². The first-order chi connectivity index (χ1) is 17.1. The Hall–Kier alpha value is -4.60. The molecule has 0 saturated carbocycles. The minimum absolute atomic E-state index is 0.0236. The molecule has 0 saturated heterocycles. The standard InChI is InChI=1S/C24H20N4O6/c29-18-8-17-7-15(3-6-21(17)34-12-18)11-26-23(31)20-9-19(27-13-28-20)22(30)25-10-14-1-4-16(5-2-14)24(32)33/h1-7,9,13H,8,10-12H2,(H,25,30)(H,26,31)(H,32,33)/i10D2. The minimum atomic E-state index is -2.33. The summed E-state index contributed by atoms with van der Waals surface area (Å²) in [5.74, 6) is -2.03. The molecule has 1 aromatic heterocycles. The number of aromatic carboxylic acids is 1. The van der Waals surface area contributed by atoms with Gasteiger partial charge >= 0.3 is 5.97 Å². The quantitative estimate of drug-likeness (QED) is 0.479. The number of hydrogen-bond donors (Lipinski definition) is 3. The summed E-state index contributed by atoms with van der Waals surface area (Å²) < 4.78 is 21.6. The number of carboxylic acids is 1. The minimum Gasteiger partial charge on any atom is -0.486 e. The van der Waals surface area contributed by atoms with E-state index < -0.39 is 24.3 Å². The zero-order valence-corrected chi connectivity index (χ0v) is 17.7. The molecule has 4 rings (SSSR count). The summed E-state index contributed by atoms with van der Waals surface area (Å²) in [6.07, 6.45) is 1.28.